The van der Waals surface area contributed by atoms with Crippen LogP contribution in [0.15, 0.2) is 108 Å². The van der Waals surface area contributed by atoms with Gasteiger partial charge in [0, 0.05) is 0 Å². The Morgan fingerprint density at radius 3 is 1.42 bits per heavy atom. The lowest BCUT2D eigenvalue weighted by atomic mass is 10.2. The summed E-state index contributed by atoms with van der Waals surface area (Å²) in [5.41, 5.74) is 2.79. The summed E-state index contributed by atoms with van der Waals surface area (Å²) < 4.78 is 3.31. The van der Waals surface area contributed by atoms with Crippen LogP contribution in [0, 0.1) is 0 Å². The van der Waals surface area contributed by atoms with Crippen LogP contribution in [0.5, 0.6) is 0 Å². The van der Waals surface area contributed by atoms with Crippen LogP contribution in [0.4, 0.5) is 11.4 Å². The summed E-state index contributed by atoms with van der Waals surface area (Å²) >= 11 is 2.45. The summed E-state index contributed by atoms with van der Waals surface area (Å²) in [5.74, 6) is -0.241. The summed E-state index contributed by atoms with van der Waals surface area (Å²) in [7, 11) is 0. The van der Waals surface area contributed by atoms with Crippen molar-refractivity contribution < 1.29 is 9.59 Å². The fraction of sp³-hybridized carbons (Fsp3) is 0.0769. The van der Waals surface area contributed by atoms with Crippen molar-refractivity contribution >= 4 is 46.7 Å². The molecule has 0 aliphatic rings. The zero-order chi connectivity index (χ0) is 26.2. The van der Waals surface area contributed by atoms with Gasteiger partial charge in [0.2, 0.25) is 22.1 Å². The molecule has 0 bridgehead atoms. The largest absolute Gasteiger partial charge is 0.324 e. The molecule has 2 heterocycles. The molecule has 2 N–H and O–H groups in total. The minimum Gasteiger partial charge on any atom is -0.324 e. The number of hydrogen-bond donors (Lipinski definition) is 2. The molecule has 2 amide bonds. The van der Waals surface area contributed by atoms with Crippen molar-refractivity contribution in [1.29, 1.82) is 0 Å². The maximum Gasteiger partial charge on any atom is 0.234 e. The van der Waals surface area contributed by atoms with Crippen molar-refractivity contribution in [2.24, 2.45) is 0 Å². The van der Waals surface area contributed by atoms with Crippen LogP contribution in [0.3, 0.4) is 0 Å². The Bertz CT molecular complexity index is 1410. The van der Waals surface area contributed by atoms with Gasteiger partial charge in [0.05, 0.1) is 34.3 Å². The van der Waals surface area contributed by atoms with E-state index >= 15 is 0 Å². The number of carbonyl (C=O) groups excluding carboxylic acids is 2. The topological polar surface area (TPSA) is 120 Å². The third kappa shape index (κ3) is 6.66. The van der Waals surface area contributed by atoms with Crippen molar-refractivity contribution in [2.75, 3.05) is 22.1 Å². The van der Waals surface area contributed by atoms with Crippen LogP contribution >= 0.6 is 23.5 Å². The zero-order valence-electron chi connectivity index (χ0n) is 20.0. The van der Waals surface area contributed by atoms with Crippen LogP contribution in [0.1, 0.15) is 0 Å². The highest BCUT2D eigenvalue weighted by molar-refractivity contribution is 8.00. The Hall–Kier alpha value is -4.42. The third-order valence-corrected chi connectivity index (χ3v) is 6.83. The average molecular weight is 543 g/mol. The first-order chi connectivity index (χ1) is 18.6. The lowest BCUT2D eigenvalue weighted by Gasteiger charge is -2.11. The molecule has 0 saturated carbocycles. The maximum atomic E-state index is 12.6. The number of carbonyl (C=O) groups is 2. The number of benzene rings is 3. The number of hydrogen-bond acceptors (Lipinski definition) is 8. The molecule has 0 atom stereocenters. The van der Waals surface area contributed by atoms with Gasteiger partial charge < -0.3 is 10.6 Å². The van der Waals surface area contributed by atoms with E-state index in [4.69, 9.17) is 0 Å². The SMILES string of the molecule is O=C(CSc1ncn(-c2ccccc2)n1)Nc1ccccc1NC(=O)CSc1ncn(-c2ccccc2)n1. The number of thioether (sulfide) groups is 2. The summed E-state index contributed by atoms with van der Waals surface area (Å²) in [6.07, 6.45) is 3.22. The minimum atomic E-state index is -0.238. The first kappa shape index (κ1) is 25.2. The Balaban J connectivity index is 1.12. The van der Waals surface area contributed by atoms with Gasteiger partial charge in [-0.15, -0.1) is 10.2 Å². The van der Waals surface area contributed by atoms with Gasteiger partial charge in [-0.05, 0) is 36.4 Å². The van der Waals surface area contributed by atoms with E-state index in [1.807, 2.05) is 60.7 Å². The number of aromatic nitrogens is 6. The van der Waals surface area contributed by atoms with Crippen molar-refractivity contribution in [1.82, 2.24) is 29.5 Å². The number of rotatable bonds is 10. The Labute approximate surface area is 226 Å². The normalized spacial score (nSPS) is 10.7. The predicted molar refractivity (Wildman–Crippen MR) is 148 cm³/mol. The summed E-state index contributed by atoms with van der Waals surface area (Å²) in [6.45, 7) is 0. The summed E-state index contributed by atoms with van der Waals surface area (Å²) in [5, 5.41) is 15.5. The second kappa shape index (κ2) is 12.2. The Kier molecular flexibility index (Phi) is 8.11. The lowest BCUT2D eigenvalue weighted by molar-refractivity contribution is -0.114. The first-order valence-corrected chi connectivity index (χ1v) is 13.5. The number of para-hydroxylation sites is 4. The quantitative estimate of drug-likeness (QED) is 0.251. The van der Waals surface area contributed by atoms with Crippen LogP contribution in [0.25, 0.3) is 11.4 Å². The molecule has 2 aromatic heterocycles. The van der Waals surface area contributed by atoms with Gasteiger partial charge >= 0.3 is 0 Å². The molecule has 0 fully saturated rings. The Morgan fingerprint density at radius 1 is 0.605 bits per heavy atom. The molecule has 0 saturated heterocycles. The molecule has 0 unspecified atom stereocenters. The van der Waals surface area contributed by atoms with E-state index in [1.165, 1.54) is 23.5 Å². The van der Waals surface area contributed by atoms with E-state index in [0.717, 1.165) is 11.4 Å². The molecule has 5 aromatic rings. The van der Waals surface area contributed by atoms with Crippen LogP contribution < -0.4 is 10.6 Å². The van der Waals surface area contributed by atoms with Crippen molar-refractivity contribution in [3.05, 3.63) is 97.6 Å². The monoisotopic (exact) mass is 542 g/mol. The highest BCUT2D eigenvalue weighted by Gasteiger charge is 2.13. The van der Waals surface area contributed by atoms with E-state index in [-0.39, 0.29) is 23.3 Å². The first-order valence-electron chi connectivity index (χ1n) is 11.5. The van der Waals surface area contributed by atoms with Gasteiger partial charge in [0.25, 0.3) is 0 Å². The number of amides is 2. The predicted octanol–water partition coefficient (Wildman–Crippen LogP) is 4.31. The highest BCUT2D eigenvalue weighted by atomic mass is 32.2. The smallest absolute Gasteiger partial charge is 0.234 e. The molecule has 10 nitrogen and oxygen atoms in total. The molecule has 38 heavy (non-hydrogen) atoms. The average Bonchev–Trinajstić information content (AvgIpc) is 3.63. The molecule has 0 spiro atoms. The Morgan fingerprint density at radius 2 is 1.00 bits per heavy atom. The molecular formula is C26H22N8O2S2. The van der Waals surface area contributed by atoms with E-state index in [2.05, 4.69) is 30.8 Å². The van der Waals surface area contributed by atoms with Gasteiger partial charge in [0.15, 0.2) is 0 Å². The second-order valence-electron chi connectivity index (χ2n) is 7.83. The maximum absolute atomic E-state index is 12.6. The number of nitrogens with one attached hydrogen (secondary N) is 2. The van der Waals surface area contributed by atoms with Gasteiger partial charge in [-0.2, -0.15) is 0 Å². The molecule has 0 aliphatic heterocycles. The van der Waals surface area contributed by atoms with Gasteiger partial charge in [-0.25, -0.2) is 19.3 Å². The van der Waals surface area contributed by atoms with E-state index in [1.54, 1.807) is 46.3 Å². The van der Waals surface area contributed by atoms with Gasteiger partial charge in [-0.3, -0.25) is 9.59 Å². The zero-order valence-corrected chi connectivity index (χ0v) is 21.6. The number of anilines is 2. The minimum absolute atomic E-state index is 0.118. The molecule has 3 aromatic carbocycles. The molecule has 190 valence electrons. The van der Waals surface area contributed by atoms with E-state index in [9.17, 15) is 9.59 Å². The molecule has 5 rings (SSSR count). The van der Waals surface area contributed by atoms with Crippen molar-refractivity contribution in [3.63, 3.8) is 0 Å². The van der Waals surface area contributed by atoms with E-state index in [0.29, 0.717) is 21.7 Å². The summed E-state index contributed by atoms with van der Waals surface area (Å²) in [4.78, 5) is 33.7. The standard InChI is InChI=1S/C26H22N8O2S2/c35-23(15-37-25-27-17-33(31-25)19-9-3-1-4-10-19)29-21-13-7-8-14-22(21)30-24(36)16-38-26-28-18-34(32-26)20-11-5-2-6-12-20/h1-14,17-18H,15-16H2,(H,29,35)(H,30,36). The molecule has 0 radical (unpaired) electrons. The van der Waals surface area contributed by atoms with Crippen LogP contribution in [-0.4, -0.2) is 52.8 Å². The summed E-state index contributed by atoms with van der Waals surface area (Å²) in [6, 6.07) is 26.3. The van der Waals surface area contributed by atoms with Crippen molar-refractivity contribution in [2.45, 2.75) is 10.3 Å². The molecule has 12 heteroatoms. The number of nitrogens with zero attached hydrogens (tertiary/aromatic N) is 6. The van der Waals surface area contributed by atoms with E-state index < -0.39 is 0 Å². The van der Waals surface area contributed by atoms with Crippen molar-refractivity contribution in [3.8, 4) is 11.4 Å². The van der Waals surface area contributed by atoms with Crippen LogP contribution in [-0.2, 0) is 9.59 Å². The fourth-order valence-corrected chi connectivity index (χ4v) is 4.57. The molecular weight excluding hydrogens is 520 g/mol. The second-order valence-corrected chi connectivity index (χ2v) is 9.72. The third-order valence-electron chi connectivity index (χ3n) is 5.12. The van der Waals surface area contributed by atoms with Gasteiger partial charge in [0.1, 0.15) is 12.7 Å². The fourth-order valence-electron chi connectivity index (χ4n) is 3.37. The highest BCUT2D eigenvalue weighted by Crippen LogP contribution is 2.23. The van der Waals surface area contributed by atoms with Crippen LogP contribution in [0.2, 0.25) is 0 Å². The lowest BCUT2D eigenvalue weighted by Crippen LogP contribution is -2.19. The molecule has 0 aliphatic carbocycles. The van der Waals surface area contributed by atoms with Gasteiger partial charge in [-0.1, -0.05) is 72.1 Å².